The lowest BCUT2D eigenvalue weighted by Crippen LogP contribution is -2.34. The van der Waals surface area contributed by atoms with Crippen LogP contribution in [0.1, 0.15) is 33.6 Å². The second-order valence-corrected chi connectivity index (χ2v) is 6.60. The van der Waals surface area contributed by atoms with Crippen LogP contribution in [0, 0.1) is 5.92 Å². The van der Waals surface area contributed by atoms with Crippen LogP contribution in [-0.2, 0) is 9.84 Å². The molecule has 0 heterocycles. The zero-order valence-electron chi connectivity index (χ0n) is 10.6. The largest absolute Gasteiger partial charge is 0.391 e. The van der Waals surface area contributed by atoms with Gasteiger partial charge in [0, 0.05) is 6.54 Å². The van der Waals surface area contributed by atoms with Crippen LogP contribution in [-0.4, -0.2) is 44.2 Å². The Morgan fingerprint density at radius 1 is 1.25 bits per heavy atom. The molecule has 0 spiro atoms. The van der Waals surface area contributed by atoms with Crippen molar-refractivity contribution in [1.82, 2.24) is 5.32 Å². The molecule has 2 N–H and O–H groups in total. The molecule has 0 aliphatic carbocycles. The molecule has 0 aromatic heterocycles. The molecule has 98 valence electrons. The first-order valence-corrected chi connectivity index (χ1v) is 7.82. The highest BCUT2D eigenvalue weighted by Crippen LogP contribution is 2.06. The van der Waals surface area contributed by atoms with Crippen molar-refractivity contribution >= 4 is 9.84 Å². The predicted molar refractivity (Wildman–Crippen MR) is 67.3 cm³/mol. The molecule has 2 unspecified atom stereocenters. The van der Waals surface area contributed by atoms with Gasteiger partial charge in [-0.05, 0) is 18.9 Å². The van der Waals surface area contributed by atoms with Crippen LogP contribution >= 0.6 is 0 Å². The Balaban J connectivity index is 3.95. The maximum atomic E-state index is 11.7. The molecular weight excluding hydrogens is 226 g/mol. The quantitative estimate of drug-likeness (QED) is 0.595. The minimum atomic E-state index is -3.12. The Kier molecular flexibility index (Phi) is 7.97. The summed E-state index contributed by atoms with van der Waals surface area (Å²) in [7, 11) is -3.12. The highest BCUT2D eigenvalue weighted by Gasteiger charge is 2.19. The number of aliphatic hydroxyl groups is 1. The summed E-state index contributed by atoms with van der Waals surface area (Å²) in [6, 6.07) is 0. The van der Waals surface area contributed by atoms with Gasteiger partial charge in [-0.25, -0.2) is 8.42 Å². The van der Waals surface area contributed by atoms with Crippen LogP contribution in [0.25, 0.3) is 0 Å². The summed E-state index contributed by atoms with van der Waals surface area (Å²) < 4.78 is 23.3. The standard InChI is InChI=1S/C11H25NO3S/c1-4-6-12-7-11(13)9-16(14,15)8-10(3)5-2/h10-13H,4-9H2,1-3H3. The molecule has 0 aliphatic heterocycles. The molecule has 0 saturated carbocycles. The molecule has 0 aliphatic rings. The number of aliphatic hydroxyl groups excluding tert-OH is 1. The summed E-state index contributed by atoms with van der Waals surface area (Å²) >= 11 is 0. The van der Waals surface area contributed by atoms with Gasteiger partial charge in [-0.3, -0.25) is 0 Å². The molecular formula is C11H25NO3S. The van der Waals surface area contributed by atoms with Gasteiger partial charge in [0.2, 0.25) is 0 Å². The molecule has 0 bridgehead atoms. The van der Waals surface area contributed by atoms with E-state index in [0.717, 1.165) is 19.4 Å². The van der Waals surface area contributed by atoms with Crippen LogP contribution in [0.3, 0.4) is 0 Å². The Labute approximate surface area is 99.4 Å². The zero-order valence-corrected chi connectivity index (χ0v) is 11.4. The smallest absolute Gasteiger partial charge is 0.153 e. The lowest BCUT2D eigenvalue weighted by atomic mass is 10.2. The second-order valence-electron chi connectivity index (χ2n) is 4.45. The zero-order chi connectivity index (χ0) is 12.6. The molecule has 0 radical (unpaired) electrons. The van der Waals surface area contributed by atoms with Gasteiger partial charge in [-0.15, -0.1) is 0 Å². The van der Waals surface area contributed by atoms with E-state index in [-0.39, 0.29) is 17.4 Å². The van der Waals surface area contributed by atoms with Crippen molar-refractivity contribution in [2.45, 2.75) is 39.7 Å². The van der Waals surface area contributed by atoms with Crippen molar-refractivity contribution < 1.29 is 13.5 Å². The average molecular weight is 251 g/mol. The lowest BCUT2D eigenvalue weighted by molar-refractivity contribution is 0.194. The van der Waals surface area contributed by atoms with Gasteiger partial charge < -0.3 is 10.4 Å². The van der Waals surface area contributed by atoms with Crippen molar-refractivity contribution in [2.24, 2.45) is 5.92 Å². The minimum absolute atomic E-state index is 0.131. The first kappa shape index (κ1) is 15.9. The fourth-order valence-electron chi connectivity index (χ4n) is 1.42. The SMILES string of the molecule is CCCNCC(O)CS(=O)(=O)CC(C)CC. The van der Waals surface area contributed by atoms with Crippen molar-refractivity contribution in [1.29, 1.82) is 0 Å². The Morgan fingerprint density at radius 2 is 1.88 bits per heavy atom. The van der Waals surface area contributed by atoms with Crippen molar-refractivity contribution in [2.75, 3.05) is 24.6 Å². The Bertz CT molecular complexity index is 264. The van der Waals surface area contributed by atoms with Crippen LogP contribution in [0.5, 0.6) is 0 Å². The number of hydrogen-bond acceptors (Lipinski definition) is 4. The number of sulfone groups is 1. The topological polar surface area (TPSA) is 66.4 Å². The normalized spacial score (nSPS) is 16.0. The summed E-state index contributed by atoms with van der Waals surface area (Å²) in [4.78, 5) is 0. The maximum absolute atomic E-state index is 11.7. The third-order valence-corrected chi connectivity index (χ3v) is 4.46. The van der Waals surface area contributed by atoms with E-state index in [9.17, 15) is 13.5 Å². The third kappa shape index (κ3) is 8.07. The molecule has 0 rings (SSSR count). The Hall–Kier alpha value is -0.130. The first-order chi connectivity index (χ1) is 7.41. The van der Waals surface area contributed by atoms with Gasteiger partial charge in [0.1, 0.15) is 0 Å². The van der Waals surface area contributed by atoms with E-state index in [1.165, 1.54) is 0 Å². The summed E-state index contributed by atoms with van der Waals surface area (Å²) in [6.07, 6.45) is 1.04. The van der Waals surface area contributed by atoms with Crippen LogP contribution in [0.4, 0.5) is 0 Å². The lowest BCUT2D eigenvalue weighted by Gasteiger charge is -2.14. The minimum Gasteiger partial charge on any atom is -0.391 e. The second kappa shape index (κ2) is 8.03. The van der Waals surface area contributed by atoms with E-state index in [0.29, 0.717) is 6.54 Å². The molecule has 2 atom stereocenters. The number of nitrogens with one attached hydrogen (secondary N) is 1. The maximum Gasteiger partial charge on any atom is 0.153 e. The van der Waals surface area contributed by atoms with E-state index >= 15 is 0 Å². The molecule has 5 heteroatoms. The number of hydrogen-bond donors (Lipinski definition) is 2. The summed E-state index contributed by atoms with van der Waals surface area (Å²) in [5, 5.41) is 12.6. The molecule has 4 nitrogen and oxygen atoms in total. The predicted octanol–water partition coefficient (Wildman–Crippen LogP) is 0.808. The van der Waals surface area contributed by atoms with E-state index in [1.54, 1.807) is 0 Å². The van der Waals surface area contributed by atoms with Crippen LogP contribution < -0.4 is 5.32 Å². The molecule has 0 amide bonds. The van der Waals surface area contributed by atoms with Crippen LogP contribution in [0.2, 0.25) is 0 Å². The van der Waals surface area contributed by atoms with Crippen LogP contribution in [0.15, 0.2) is 0 Å². The monoisotopic (exact) mass is 251 g/mol. The van der Waals surface area contributed by atoms with Gasteiger partial charge >= 0.3 is 0 Å². The third-order valence-electron chi connectivity index (χ3n) is 2.49. The summed E-state index contributed by atoms with van der Waals surface area (Å²) in [6.45, 7) is 7.08. The van der Waals surface area contributed by atoms with Crippen molar-refractivity contribution in [3.63, 3.8) is 0 Å². The molecule has 0 aromatic carbocycles. The molecule has 0 aromatic rings. The Morgan fingerprint density at radius 3 is 2.38 bits per heavy atom. The molecule has 0 fully saturated rings. The molecule has 0 saturated heterocycles. The van der Waals surface area contributed by atoms with E-state index in [4.69, 9.17) is 0 Å². The van der Waals surface area contributed by atoms with Gasteiger partial charge in [-0.2, -0.15) is 0 Å². The van der Waals surface area contributed by atoms with E-state index < -0.39 is 15.9 Å². The van der Waals surface area contributed by atoms with Crippen molar-refractivity contribution in [3.05, 3.63) is 0 Å². The summed E-state index contributed by atoms with van der Waals surface area (Å²) in [5.41, 5.74) is 0. The fourth-order valence-corrected chi connectivity index (χ4v) is 3.36. The van der Waals surface area contributed by atoms with Gasteiger partial charge in [0.25, 0.3) is 0 Å². The van der Waals surface area contributed by atoms with Crippen molar-refractivity contribution in [3.8, 4) is 0 Å². The highest BCUT2D eigenvalue weighted by atomic mass is 32.2. The molecule has 16 heavy (non-hydrogen) atoms. The fraction of sp³-hybridized carbons (Fsp3) is 1.00. The average Bonchev–Trinajstić information content (AvgIpc) is 2.16. The van der Waals surface area contributed by atoms with Gasteiger partial charge in [-0.1, -0.05) is 27.2 Å². The first-order valence-electron chi connectivity index (χ1n) is 6.00. The van der Waals surface area contributed by atoms with E-state index in [1.807, 2.05) is 20.8 Å². The summed E-state index contributed by atoms with van der Waals surface area (Å²) in [5.74, 6) is 0.211. The van der Waals surface area contributed by atoms with Gasteiger partial charge in [0.05, 0.1) is 17.6 Å². The van der Waals surface area contributed by atoms with E-state index in [2.05, 4.69) is 5.32 Å². The van der Waals surface area contributed by atoms with Gasteiger partial charge in [0.15, 0.2) is 9.84 Å². The highest BCUT2D eigenvalue weighted by molar-refractivity contribution is 7.91. The number of rotatable bonds is 9.